The molecule has 7 heteroatoms. The van der Waals surface area contributed by atoms with Gasteiger partial charge in [0.1, 0.15) is 11.9 Å². The number of aryl methyl sites for hydroxylation is 1. The molecule has 2 aromatic heterocycles. The number of nitrogens with zero attached hydrogens (tertiary/aromatic N) is 3. The van der Waals surface area contributed by atoms with Crippen LogP contribution in [0.3, 0.4) is 0 Å². The summed E-state index contributed by atoms with van der Waals surface area (Å²) in [5.41, 5.74) is 0.736. The number of aromatic nitrogens is 4. The first-order valence-electron chi connectivity index (χ1n) is 8.45. The van der Waals surface area contributed by atoms with Crippen molar-refractivity contribution < 1.29 is 4.79 Å². The van der Waals surface area contributed by atoms with Gasteiger partial charge in [-0.3, -0.25) is 9.59 Å². The molecule has 7 nitrogen and oxygen atoms in total. The van der Waals surface area contributed by atoms with Crippen molar-refractivity contribution in [3.05, 3.63) is 94.4 Å². The molecule has 4 rings (SSSR count). The summed E-state index contributed by atoms with van der Waals surface area (Å²) in [5, 5.41) is 10.3. The Balaban J connectivity index is 1.77. The second-order valence-corrected chi connectivity index (χ2v) is 6.16. The van der Waals surface area contributed by atoms with Crippen molar-refractivity contribution in [1.82, 2.24) is 25.1 Å². The molecule has 0 aliphatic rings. The smallest absolute Gasteiger partial charge is 0.273 e. The number of benzene rings is 2. The van der Waals surface area contributed by atoms with Crippen molar-refractivity contribution in [2.45, 2.75) is 6.04 Å². The number of H-pyrrole nitrogens is 1. The zero-order chi connectivity index (χ0) is 18.8. The Labute approximate surface area is 154 Å². The maximum atomic E-state index is 13.0. The quantitative estimate of drug-likeness (QED) is 0.584. The van der Waals surface area contributed by atoms with Crippen LogP contribution in [0.25, 0.3) is 10.8 Å². The normalized spacial score (nSPS) is 12.0. The van der Waals surface area contributed by atoms with E-state index in [1.807, 2.05) is 48.1 Å². The lowest BCUT2D eigenvalue weighted by Crippen LogP contribution is -2.32. The maximum absolute atomic E-state index is 13.0. The SMILES string of the molecule is Cn1ccnc1C(NC(=O)c1n[nH]c(=O)c2ccccc12)c1ccccc1. The van der Waals surface area contributed by atoms with Gasteiger partial charge in [-0.15, -0.1) is 0 Å². The first kappa shape index (κ1) is 16.7. The number of amides is 1. The van der Waals surface area contributed by atoms with Gasteiger partial charge >= 0.3 is 0 Å². The Bertz CT molecular complexity index is 1160. The third-order valence-corrected chi connectivity index (χ3v) is 4.44. The molecule has 0 aliphatic heterocycles. The van der Waals surface area contributed by atoms with Gasteiger partial charge in [0.05, 0.1) is 5.39 Å². The molecule has 134 valence electrons. The zero-order valence-corrected chi connectivity index (χ0v) is 14.6. The summed E-state index contributed by atoms with van der Waals surface area (Å²) >= 11 is 0. The van der Waals surface area contributed by atoms with E-state index in [1.54, 1.807) is 30.5 Å². The summed E-state index contributed by atoms with van der Waals surface area (Å²) in [6.07, 6.45) is 3.51. The van der Waals surface area contributed by atoms with Crippen LogP contribution in [0, 0.1) is 0 Å². The highest BCUT2D eigenvalue weighted by Gasteiger charge is 2.23. The molecule has 0 saturated carbocycles. The van der Waals surface area contributed by atoms with Gasteiger partial charge in [0.15, 0.2) is 5.69 Å². The molecule has 1 unspecified atom stereocenters. The number of hydrogen-bond donors (Lipinski definition) is 2. The number of carbonyl (C=O) groups excluding carboxylic acids is 1. The average Bonchev–Trinajstić information content (AvgIpc) is 3.13. The van der Waals surface area contributed by atoms with Crippen molar-refractivity contribution in [3.63, 3.8) is 0 Å². The summed E-state index contributed by atoms with van der Waals surface area (Å²) in [6, 6.07) is 16.0. The van der Waals surface area contributed by atoms with Crippen LogP contribution < -0.4 is 10.9 Å². The molecule has 2 aromatic carbocycles. The maximum Gasteiger partial charge on any atom is 0.273 e. The molecule has 1 atom stereocenters. The van der Waals surface area contributed by atoms with Crippen molar-refractivity contribution in [2.75, 3.05) is 0 Å². The summed E-state index contributed by atoms with van der Waals surface area (Å²) in [7, 11) is 1.87. The Kier molecular flexibility index (Phi) is 4.25. The van der Waals surface area contributed by atoms with E-state index in [1.165, 1.54) is 0 Å². The van der Waals surface area contributed by atoms with E-state index in [2.05, 4.69) is 20.5 Å². The standard InChI is InChI=1S/C20H17N5O2/c1-25-12-11-21-18(25)16(13-7-3-2-4-8-13)22-20(27)17-14-9-5-6-10-15(14)19(26)24-23-17/h2-12,16H,1H3,(H,22,27)(H,24,26). The Morgan fingerprint density at radius 1 is 1.07 bits per heavy atom. The fraction of sp³-hybridized carbons (Fsp3) is 0.100. The highest BCUT2D eigenvalue weighted by molar-refractivity contribution is 6.04. The number of nitrogens with one attached hydrogen (secondary N) is 2. The van der Waals surface area contributed by atoms with Gasteiger partial charge < -0.3 is 9.88 Å². The Morgan fingerprint density at radius 3 is 2.48 bits per heavy atom. The van der Waals surface area contributed by atoms with E-state index >= 15 is 0 Å². The van der Waals surface area contributed by atoms with Gasteiger partial charge in [-0.2, -0.15) is 5.10 Å². The van der Waals surface area contributed by atoms with Crippen LogP contribution in [-0.4, -0.2) is 25.7 Å². The fourth-order valence-electron chi connectivity index (χ4n) is 3.09. The molecular weight excluding hydrogens is 342 g/mol. The second kappa shape index (κ2) is 6.87. The monoisotopic (exact) mass is 359 g/mol. The number of imidazole rings is 1. The van der Waals surface area contributed by atoms with E-state index in [-0.39, 0.29) is 17.2 Å². The first-order chi connectivity index (χ1) is 13.1. The largest absolute Gasteiger partial charge is 0.337 e. The van der Waals surface area contributed by atoms with Crippen molar-refractivity contribution in [1.29, 1.82) is 0 Å². The minimum absolute atomic E-state index is 0.167. The summed E-state index contributed by atoms with van der Waals surface area (Å²) in [6.45, 7) is 0. The molecule has 2 heterocycles. The lowest BCUT2D eigenvalue weighted by atomic mass is 10.1. The van der Waals surface area contributed by atoms with Gasteiger partial charge in [-0.25, -0.2) is 10.1 Å². The Morgan fingerprint density at radius 2 is 1.78 bits per heavy atom. The lowest BCUT2D eigenvalue weighted by molar-refractivity contribution is 0.0937. The van der Waals surface area contributed by atoms with E-state index in [0.717, 1.165) is 5.56 Å². The van der Waals surface area contributed by atoms with Gasteiger partial charge in [0.25, 0.3) is 11.5 Å². The number of carbonyl (C=O) groups is 1. The number of rotatable bonds is 4. The molecular formula is C20H17N5O2. The molecule has 2 N–H and O–H groups in total. The van der Waals surface area contributed by atoms with Gasteiger partial charge in [0, 0.05) is 24.8 Å². The number of fused-ring (bicyclic) bond motifs is 1. The van der Waals surface area contributed by atoms with Crippen LogP contribution in [-0.2, 0) is 7.05 Å². The molecule has 0 radical (unpaired) electrons. The summed E-state index contributed by atoms with van der Waals surface area (Å²) in [4.78, 5) is 29.4. The minimum Gasteiger partial charge on any atom is -0.337 e. The van der Waals surface area contributed by atoms with E-state index in [9.17, 15) is 9.59 Å². The predicted octanol–water partition coefficient (Wildman–Crippen LogP) is 2.18. The zero-order valence-electron chi connectivity index (χ0n) is 14.6. The third kappa shape index (κ3) is 3.10. The van der Waals surface area contributed by atoms with E-state index < -0.39 is 6.04 Å². The first-order valence-corrected chi connectivity index (χ1v) is 8.45. The van der Waals surface area contributed by atoms with E-state index in [0.29, 0.717) is 16.6 Å². The van der Waals surface area contributed by atoms with Crippen LogP contribution in [0.1, 0.15) is 27.9 Å². The molecule has 4 aromatic rings. The molecule has 27 heavy (non-hydrogen) atoms. The van der Waals surface area contributed by atoms with Crippen molar-refractivity contribution in [3.8, 4) is 0 Å². The highest BCUT2D eigenvalue weighted by Crippen LogP contribution is 2.21. The number of aromatic amines is 1. The molecule has 0 bridgehead atoms. The summed E-state index contributed by atoms with van der Waals surface area (Å²) in [5.74, 6) is 0.308. The van der Waals surface area contributed by atoms with Crippen LogP contribution >= 0.6 is 0 Å². The topological polar surface area (TPSA) is 92.7 Å². The molecule has 0 saturated heterocycles. The Hall–Kier alpha value is -3.74. The second-order valence-electron chi connectivity index (χ2n) is 6.16. The van der Waals surface area contributed by atoms with Crippen LogP contribution in [0.2, 0.25) is 0 Å². The van der Waals surface area contributed by atoms with Crippen LogP contribution in [0.4, 0.5) is 0 Å². The molecule has 0 aliphatic carbocycles. The van der Waals surface area contributed by atoms with Gasteiger partial charge in [-0.1, -0.05) is 48.5 Å². The van der Waals surface area contributed by atoms with Crippen molar-refractivity contribution >= 4 is 16.7 Å². The molecule has 0 fully saturated rings. The number of hydrogen-bond acceptors (Lipinski definition) is 4. The van der Waals surface area contributed by atoms with E-state index in [4.69, 9.17) is 0 Å². The van der Waals surface area contributed by atoms with Gasteiger partial charge in [0.2, 0.25) is 0 Å². The highest BCUT2D eigenvalue weighted by atomic mass is 16.2. The van der Waals surface area contributed by atoms with Gasteiger partial charge in [-0.05, 0) is 11.6 Å². The predicted molar refractivity (Wildman–Crippen MR) is 101 cm³/mol. The van der Waals surface area contributed by atoms with Crippen LogP contribution in [0.5, 0.6) is 0 Å². The average molecular weight is 359 g/mol. The fourth-order valence-corrected chi connectivity index (χ4v) is 3.09. The molecule has 0 spiro atoms. The van der Waals surface area contributed by atoms with Crippen molar-refractivity contribution in [2.24, 2.45) is 7.05 Å². The molecule has 1 amide bonds. The lowest BCUT2D eigenvalue weighted by Gasteiger charge is -2.19. The third-order valence-electron chi connectivity index (χ3n) is 4.44. The summed E-state index contributed by atoms with van der Waals surface area (Å²) < 4.78 is 1.86. The minimum atomic E-state index is -0.453. The van der Waals surface area contributed by atoms with Crippen LogP contribution in [0.15, 0.2) is 71.8 Å².